The van der Waals surface area contributed by atoms with E-state index in [9.17, 15) is 4.79 Å². The van der Waals surface area contributed by atoms with Crippen molar-refractivity contribution in [3.8, 4) is 0 Å². The lowest BCUT2D eigenvalue weighted by Crippen LogP contribution is -3.00. The van der Waals surface area contributed by atoms with Crippen LogP contribution in [0.5, 0.6) is 0 Å². The summed E-state index contributed by atoms with van der Waals surface area (Å²) < 4.78 is 0.578. The van der Waals surface area contributed by atoms with E-state index < -0.39 is 12.1 Å². The van der Waals surface area contributed by atoms with E-state index >= 15 is 0 Å². The van der Waals surface area contributed by atoms with Crippen LogP contribution in [0.3, 0.4) is 0 Å². The van der Waals surface area contributed by atoms with Crippen molar-refractivity contribution in [3.63, 3.8) is 0 Å². The number of aliphatic hydroxyl groups excluding tert-OH is 1. The van der Waals surface area contributed by atoms with Crippen LogP contribution >= 0.6 is 0 Å². The van der Waals surface area contributed by atoms with Crippen LogP contribution in [0.1, 0.15) is 6.42 Å². The Hall–Kier alpha value is -0.320. The average Bonchev–Trinajstić information content (AvgIpc) is 1.53. The second-order valence-electron chi connectivity index (χ2n) is 3.72. The summed E-state index contributed by atoms with van der Waals surface area (Å²) in [6, 6.07) is 0. The molecule has 4 nitrogen and oxygen atoms in total. The Morgan fingerprint density at radius 3 is 2.08 bits per heavy atom. The molecule has 0 saturated heterocycles. The zero-order valence-corrected chi connectivity index (χ0v) is 8.38. The van der Waals surface area contributed by atoms with Gasteiger partial charge in [0.25, 0.3) is 0 Å². The molecule has 0 unspecified atom stereocenters. The lowest BCUT2D eigenvalue weighted by molar-refractivity contribution is -0.873. The molecule has 12 heavy (non-hydrogen) atoms. The van der Waals surface area contributed by atoms with Gasteiger partial charge in [0.05, 0.1) is 27.6 Å². The first-order valence-corrected chi connectivity index (χ1v) is 3.51. The quantitative estimate of drug-likeness (QED) is 0.365. The van der Waals surface area contributed by atoms with Gasteiger partial charge in [-0.3, -0.25) is 4.79 Å². The predicted octanol–water partition coefficient (Wildman–Crippen LogP) is -3.47. The van der Waals surface area contributed by atoms with E-state index in [1.807, 2.05) is 21.1 Å². The van der Waals surface area contributed by atoms with Gasteiger partial charge in [-0.25, -0.2) is 0 Å². The smallest absolute Gasteiger partial charge is 0.306 e. The van der Waals surface area contributed by atoms with Crippen LogP contribution in [0.25, 0.3) is 0 Å². The first-order chi connectivity index (χ1) is 4.81. The maximum Gasteiger partial charge on any atom is 0.306 e. The normalized spacial score (nSPS) is 13.3. The summed E-state index contributed by atoms with van der Waals surface area (Å²) in [5, 5.41) is 17.5. The van der Waals surface area contributed by atoms with Crippen molar-refractivity contribution in [2.75, 3.05) is 27.7 Å². The van der Waals surface area contributed by atoms with Gasteiger partial charge in [-0.15, -0.1) is 0 Å². The van der Waals surface area contributed by atoms with Crippen molar-refractivity contribution < 1.29 is 31.9 Å². The van der Waals surface area contributed by atoms with Crippen LogP contribution in [0.15, 0.2) is 0 Å². The molecule has 0 fully saturated rings. The molecule has 0 aliphatic heterocycles. The number of hydrogen-bond donors (Lipinski definition) is 2. The van der Waals surface area contributed by atoms with Crippen LogP contribution in [-0.2, 0) is 4.79 Å². The maximum absolute atomic E-state index is 10.1. The Morgan fingerprint density at radius 1 is 1.42 bits per heavy atom. The highest BCUT2D eigenvalue weighted by Crippen LogP contribution is 1.98. The molecule has 0 saturated carbocycles. The molecule has 0 aromatic carbocycles. The average molecular weight is 199 g/mol. The molecule has 1 atom stereocenters. The Morgan fingerprint density at radius 2 is 1.83 bits per heavy atom. The highest BCUT2D eigenvalue weighted by molar-refractivity contribution is 5.67. The molecule has 5 heteroatoms. The van der Waals surface area contributed by atoms with Crippen molar-refractivity contribution in [2.24, 2.45) is 0 Å². The van der Waals surface area contributed by atoms with Crippen molar-refractivity contribution in [1.29, 1.82) is 0 Å². The van der Waals surface area contributed by atoms with Crippen LogP contribution < -0.4 is 12.4 Å². The van der Waals surface area contributed by atoms with E-state index in [-0.39, 0.29) is 18.8 Å². The fourth-order valence-corrected chi connectivity index (χ4v) is 0.898. The summed E-state index contributed by atoms with van der Waals surface area (Å²) in [6.45, 7) is 0.465. The van der Waals surface area contributed by atoms with Gasteiger partial charge < -0.3 is 27.1 Å². The second-order valence-corrected chi connectivity index (χ2v) is 3.72. The van der Waals surface area contributed by atoms with Gasteiger partial charge in [0.2, 0.25) is 0 Å². The molecule has 0 aliphatic rings. The Labute approximate surface area is 78.8 Å². The van der Waals surface area contributed by atoms with Gasteiger partial charge in [0.1, 0.15) is 12.6 Å². The highest BCUT2D eigenvalue weighted by atomic mass is 35.5. The number of hydrogen-bond acceptors (Lipinski definition) is 2. The van der Waals surface area contributed by atoms with E-state index in [0.29, 0.717) is 11.0 Å². The van der Waals surface area contributed by atoms with Crippen molar-refractivity contribution in [3.05, 3.63) is 0 Å². The molecule has 74 valence electrons. The third-order valence-corrected chi connectivity index (χ3v) is 1.17. The summed E-state index contributed by atoms with van der Waals surface area (Å²) in [5.41, 5.74) is 0. The zero-order valence-electron chi connectivity index (χ0n) is 7.62. The van der Waals surface area contributed by atoms with Crippen LogP contribution in [0.2, 0.25) is 0 Å². The SMILES string of the molecule is C[N+](C)(C)C[C@H](O)C[13C](=O)O.[Cl-]. The number of carbonyl (C=O) groups is 1. The summed E-state index contributed by atoms with van der Waals surface area (Å²) in [6.07, 6.45) is -0.914. The molecule has 0 bridgehead atoms. The molecule has 0 radical (unpaired) electrons. The van der Waals surface area contributed by atoms with Gasteiger partial charge in [0, 0.05) is 0 Å². The molecule has 0 spiro atoms. The standard InChI is InChI=1S/C7H15NO3.ClH/c1-8(2,3)5-6(9)4-7(10)11;/h6,9H,4-5H2,1-3H3;1H/t6-;/m1./s1/i7+1;. The van der Waals surface area contributed by atoms with Gasteiger partial charge in [0.15, 0.2) is 0 Å². The molecular formula is C7H16ClNO3. The largest absolute Gasteiger partial charge is 1.00 e. The van der Waals surface area contributed by atoms with E-state index in [1.54, 1.807) is 0 Å². The summed E-state index contributed by atoms with van der Waals surface area (Å²) in [7, 11) is 5.72. The minimum absolute atomic E-state index is 0. The number of carboxylic acids is 1. The number of halogens is 1. The first-order valence-electron chi connectivity index (χ1n) is 3.51. The minimum atomic E-state index is -0.953. The molecule has 2 N–H and O–H groups in total. The summed E-state index contributed by atoms with van der Waals surface area (Å²) >= 11 is 0. The van der Waals surface area contributed by atoms with Crippen LogP contribution in [0.4, 0.5) is 0 Å². The van der Waals surface area contributed by atoms with Crippen LogP contribution in [0, 0.1) is 0 Å². The topological polar surface area (TPSA) is 57.5 Å². The monoisotopic (exact) mass is 198 g/mol. The van der Waals surface area contributed by atoms with Gasteiger partial charge >= 0.3 is 5.97 Å². The number of quaternary nitrogens is 1. The Balaban J connectivity index is 0. The number of aliphatic carboxylic acids is 1. The summed E-state index contributed by atoms with van der Waals surface area (Å²) in [4.78, 5) is 10.1. The van der Waals surface area contributed by atoms with Gasteiger partial charge in [-0.05, 0) is 0 Å². The third-order valence-electron chi connectivity index (χ3n) is 1.17. The van der Waals surface area contributed by atoms with Crippen LogP contribution in [-0.4, -0.2) is 54.5 Å². The van der Waals surface area contributed by atoms with E-state index in [1.165, 1.54) is 0 Å². The maximum atomic E-state index is 10.1. The molecule has 0 aromatic heterocycles. The highest BCUT2D eigenvalue weighted by Gasteiger charge is 2.17. The lowest BCUT2D eigenvalue weighted by Gasteiger charge is -2.25. The van der Waals surface area contributed by atoms with Crippen molar-refractivity contribution >= 4 is 5.97 Å². The van der Waals surface area contributed by atoms with E-state index in [4.69, 9.17) is 10.2 Å². The third kappa shape index (κ3) is 9.68. The van der Waals surface area contributed by atoms with E-state index in [0.717, 1.165) is 0 Å². The number of likely N-dealkylation sites (N-methyl/N-ethyl adjacent to an activating group) is 1. The first kappa shape index (κ1) is 14.2. The predicted molar refractivity (Wildman–Crippen MR) is 41.2 cm³/mol. The number of nitrogens with zero attached hydrogens (tertiary/aromatic N) is 1. The molecule has 0 aromatic rings. The van der Waals surface area contributed by atoms with E-state index in [2.05, 4.69) is 0 Å². The number of rotatable bonds is 4. The molecule has 0 amide bonds. The molecular weight excluding hydrogens is 183 g/mol. The van der Waals surface area contributed by atoms with Crippen molar-refractivity contribution in [1.82, 2.24) is 0 Å². The summed E-state index contributed by atoms with van der Waals surface area (Å²) in [5.74, 6) is -0.953. The Kier molecular flexibility index (Phi) is 6.34. The Bertz CT molecular complexity index is 144. The number of aliphatic hydroxyl groups is 1. The molecule has 0 rings (SSSR count). The fourth-order valence-electron chi connectivity index (χ4n) is 0.898. The van der Waals surface area contributed by atoms with Gasteiger partial charge in [-0.2, -0.15) is 0 Å². The second kappa shape index (κ2) is 5.35. The molecule has 0 aliphatic carbocycles. The zero-order chi connectivity index (χ0) is 9.07. The minimum Gasteiger partial charge on any atom is -1.00 e. The molecule has 0 heterocycles. The van der Waals surface area contributed by atoms with Crippen molar-refractivity contribution in [2.45, 2.75) is 12.5 Å². The number of carboxylic acid groups (broad SMARTS) is 1. The lowest BCUT2D eigenvalue weighted by atomic mass is 10.3. The van der Waals surface area contributed by atoms with Gasteiger partial charge in [-0.1, -0.05) is 0 Å². The fraction of sp³-hybridized carbons (Fsp3) is 0.857.